The topological polar surface area (TPSA) is 55.5 Å². The van der Waals surface area contributed by atoms with E-state index in [9.17, 15) is 5.11 Å². The van der Waals surface area contributed by atoms with Crippen molar-refractivity contribution < 1.29 is 9.84 Å². The Hall–Kier alpha value is -0.120. The van der Waals surface area contributed by atoms with Crippen LogP contribution in [0.3, 0.4) is 0 Å². The summed E-state index contributed by atoms with van der Waals surface area (Å²) in [7, 11) is 1.63. The van der Waals surface area contributed by atoms with E-state index >= 15 is 0 Å². The second-order valence-corrected chi connectivity index (χ2v) is 3.21. The lowest BCUT2D eigenvalue weighted by molar-refractivity contribution is -0.0227. The van der Waals surface area contributed by atoms with Gasteiger partial charge in [0.05, 0.1) is 12.2 Å². The minimum absolute atomic E-state index is 0.0486. The van der Waals surface area contributed by atoms with Crippen molar-refractivity contribution in [3.63, 3.8) is 0 Å². The summed E-state index contributed by atoms with van der Waals surface area (Å²) in [5.74, 6) is 0. The summed E-state index contributed by atoms with van der Waals surface area (Å²) in [6.45, 7) is 0. The first-order valence-electron chi connectivity index (χ1n) is 4.22. The summed E-state index contributed by atoms with van der Waals surface area (Å²) in [4.78, 5) is 0. The predicted octanol–water partition coefficient (Wildman–Crippen LogP) is 0.264. The fraction of sp³-hybridized carbons (Fsp3) is 1.00. The molecule has 0 bridgehead atoms. The van der Waals surface area contributed by atoms with Crippen molar-refractivity contribution in [2.45, 2.75) is 43.9 Å². The zero-order chi connectivity index (χ0) is 8.27. The molecular formula is C8H17NO2. The van der Waals surface area contributed by atoms with E-state index in [2.05, 4.69) is 0 Å². The normalized spacial score (nSPS) is 40.1. The molecule has 0 saturated heterocycles. The molecule has 0 aromatic heterocycles. The number of hydrogen-bond donors (Lipinski definition) is 2. The molecule has 1 aliphatic carbocycles. The molecule has 0 aliphatic heterocycles. The Morgan fingerprint density at radius 2 is 2.00 bits per heavy atom. The molecule has 3 N–H and O–H groups in total. The van der Waals surface area contributed by atoms with Crippen LogP contribution < -0.4 is 5.73 Å². The van der Waals surface area contributed by atoms with Crippen molar-refractivity contribution in [1.29, 1.82) is 0 Å². The van der Waals surface area contributed by atoms with E-state index in [4.69, 9.17) is 10.5 Å². The SMILES string of the molecule is CO[C@@H]1CCCC[C@@H](N)[C@H]1O. The van der Waals surface area contributed by atoms with Gasteiger partial charge >= 0.3 is 0 Å². The predicted molar refractivity (Wildman–Crippen MR) is 43.2 cm³/mol. The van der Waals surface area contributed by atoms with Gasteiger partial charge in [-0.1, -0.05) is 12.8 Å². The average Bonchev–Trinajstić information content (AvgIpc) is 2.16. The summed E-state index contributed by atoms with van der Waals surface area (Å²) < 4.78 is 5.12. The maximum atomic E-state index is 9.57. The molecule has 0 aromatic carbocycles. The molecule has 1 aliphatic rings. The summed E-state index contributed by atoms with van der Waals surface area (Å²) in [5, 5.41) is 9.57. The van der Waals surface area contributed by atoms with Crippen LogP contribution in [0.15, 0.2) is 0 Å². The maximum Gasteiger partial charge on any atom is 0.0952 e. The first-order valence-corrected chi connectivity index (χ1v) is 4.22. The van der Waals surface area contributed by atoms with Crippen LogP contribution in [0.2, 0.25) is 0 Å². The van der Waals surface area contributed by atoms with Gasteiger partial charge in [-0.15, -0.1) is 0 Å². The molecule has 3 atom stereocenters. The van der Waals surface area contributed by atoms with E-state index in [1.54, 1.807) is 7.11 Å². The smallest absolute Gasteiger partial charge is 0.0952 e. The van der Waals surface area contributed by atoms with Crippen LogP contribution in [-0.2, 0) is 4.74 Å². The largest absolute Gasteiger partial charge is 0.389 e. The number of nitrogens with two attached hydrogens (primary N) is 1. The molecule has 1 rings (SSSR count). The summed E-state index contributed by atoms with van der Waals surface area (Å²) in [6.07, 6.45) is 3.56. The molecule has 0 heterocycles. The highest BCUT2D eigenvalue weighted by atomic mass is 16.5. The Morgan fingerprint density at radius 1 is 1.36 bits per heavy atom. The summed E-state index contributed by atoms with van der Waals surface area (Å²) in [5.41, 5.74) is 5.71. The highest BCUT2D eigenvalue weighted by Gasteiger charge is 2.26. The number of ether oxygens (including phenoxy) is 1. The zero-order valence-electron chi connectivity index (χ0n) is 6.99. The molecule has 1 fully saturated rings. The molecule has 0 radical (unpaired) electrons. The molecule has 1 saturated carbocycles. The van der Waals surface area contributed by atoms with Crippen LogP contribution in [0, 0.1) is 0 Å². The van der Waals surface area contributed by atoms with Crippen molar-refractivity contribution in [2.75, 3.05) is 7.11 Å². The lowest BCUT2D eigenvalue weighted by Crippen LogP contribution is -2.42. The lowest BCUT2D eigenvalue weighted by atomic mass is 10.1. The van der Waals surface area contributed by atoms with Crippen molar-refractivity contribution in [3.8, 4) is 0 Å². The molecular weight excluding hydrogens is 142 g/mol. The van der Waals surface area contributed by atoms with Crippen molar-refractivity contribution in [3.05, 3.63) is 0 Å². The lowest BCUT2D eigenvalue weighted by Gasteiger charge is -2.22. The second kappa shape index (κ2) is 4.04. The van der Waals surface area contributed by atoms with Gasteiger partial charge in [0.2, 0.25) is 0 Å². The standard InChI is InChI=1S/C8H17NO2/c1-11-7-5-3-2-4-6(9)8(7)10/h6-8,10H,2-5,9H2,1H3/t6-,7-,8-/m1/s1. The van der Waals surface area contributed by atoms with Crippen LogP contribution in [0.4, 0.5) is 0 Å². The van der Waals surface area contributed by atoms with E-state index in [0.717, 1.165) is 25.7 Å². The van der Waals surface area contributed by atoms with E-state index in [1.165, 1.54) is 0 Å². The highest BCUT2D eigenvalue weighted by Crippen LogP contribution is 2.19. The molecule has 3 nitrogen and oxygen atoms in total. The summed E-state index contributed by atoms with van der Waals surface area (Å²) >= 11 is 0. The van der Waals surface area contributed by atoms with Crippen LogP contribution in [0.5, 0.6) is 0 Å². The molecule has 0 amide bonds. The van der Waals surface area contributed by atoms with Crippen molar-refractivity contribution >= 4 is 0 Å². The maximum absolute atomic E-state index is 9.57. The number of aliphatic hydroxyl groups excluding tert-OH is 1. The van der Waals surface area contributed by atoms with Gasteiger partial charge in [0, 0.05) is 13.2 Å². The Morgan fingerprint density at radius 3 is 2.64 bits per heavy atom. The van der Waals surface area contributed by atoms with Gasteiger partial charge in [0.25, 0.3) is 0 Å². The molecule has 3 heteroatoms. The quantitative estimate of drug-likeness (QED) is 0.540. The number of aliphatic hydroxyl groups is 1. The van der Waals surface area contributed by atoms with Gasteiger partial charge in [-0.05, 0) is 12.8 Å². The van der Waals surface area contributed by atoms with Gasteiger partial charge in [-0.25, -0.2) is 0 Å². The van der Waals surface area contributed by atoms with Gasteiger partial charge in [-0.3, -0.25) is 0 Å². The van der Waals surface area contributed by atoms with Gasteiger partial charge < -0.3 is 15.6 Å². The monoisotopic (exact) mass is 159 g/mol. The average molecular weight is 159 g/mol. The third kappa shape index (κ3) is 2.15. The van der Waals surface area contributed by atoms with Crippen LogP contribution in [0.25, 0.3) is 0 Å². The summed E-state index contributed by atoms with van der Waals surface area (Å²) in [6, 6.07) is -0.0950. The number of hydrogen-bond acceptors (Lipinski definition) is 3. The van der Waals surface area contributed by atoms with E-state index < -0.39 is 6.10 Å². The molecule has 0 spiro atoms. The minimum Gasteiger partial charge on any atom is -0.389 e. The van der Waals surface area contributed by atoms with E-state index in [-0.39, 0.29) is 12.1 Å². The van der Waals surface area contributed by atoms with Crippen molar-refractivity contribution in [2.24, 2.45) is 5.73 Å². The van der Waals surface area contributed by atoms with E-state index in [1.807, 2.05) is 0 Å². The molecule has 0 aromatic rings. The van der Waals surface area contributed by atoms with Crippen LogP contribution >= 0.6 is 0 Å². The van der Waals surface area contributed by atoms with Gasteiger partial charge in [-0.2, -0.15) is 0 Å². The fourth-order valence-electron chi connectivity index (χ4n) is 1.60. The van der Waals surface area contributed by atoms with Crippen LogP contribution in [0.1, 0.15) is 25.7 Å². The van der Waals surface area contributed by atoms with Crippen molar-refractivity contribution in [1.82, 2.24) is 0 Å². The highest BCUT2D eigenvalue weighted by molar-refractivity contribution is 4.82. The molecule has 0 unspecified atom stereocenters. The number of methoxy groups -OCH3 is 1. The Labute approximate surface area is 67.5 Å². The van der Waals surface area contributed by atoms with Gasteiger partial charge in [0.1, 0.15) is 0 Å². The first kappa shape index (κ1) is 8.97. The second-order valence-electron chi connectivity index (χ2n) is 3.21. The fourth-order valence-corrected chi connectivity index (χ4v) is 1.60. The third-order valence-corrected chi connectivity index (χ3v) is 2.40. The first-order chi connectivity index (χ1) is 5.25. The Balaban J connectivity index is 2.49. The van der Waals surface area contributed by atoms with Crippen LogP contribution in [-0.4, -0.2) is 30.5 Å². The molecule has 11 heavy (non-hydrogen) atoms. The molecule has 66 valence electrons. The zero-order valence-corrected chi connectivity index (χ0v) is 6.99. The minimum atomic E-state index is -0.470. The number of rotatable bonds is 1. The third-order valence-electron chi connectivity index (χ3n) is 2.40. The Bertz CT molecular complexity index is 119. The van der Waals surface area contributed by atoms with E-state index in [0.29, 0.717) is 0 Å². The Kier molecular flexibility index (Phi) is 3.30. The van der Waals surface area contributed by atoms with Gasteiger partial charge in [0.15, 0.2) is 0 Å².